The molecule has 26 heavy (non-hydrogen) atoms. The monoisotopic (exact) mass is 356 g/mol. The molecule has 0 fully saturated rings. The number of hydrogen-bond acceptors (Lipinski definition) is 4. The summed E-state index contributed by atoms with van der Waals surface area (Å²) in [7, 11) is 1.59. The van der Waals surface area contributed by atoms with E-state index in [0.29, 0.717) is 17.9 Å². The molecule has 0 aliphatic carbocycles. The van der Waals surface area contributed by atoms with Gasteiger partial charge in [0.2, 0.25) is 0 Å². The Morgan fingerprint density at radius 3 is 2.54 bits per heavy atom. The molecule has 2 aromatic carbocycles. The van der Waals surface area contributed by atoms with Gasteiger partial charge in [0.15, 0.2) is 6.10 Å². The van der Waals surface area contributed by atoms with Crippen LogP contribution in [0.15, 0.2) is 42.5 Å². The minimum Gasteiger partial charge on any atom is -0.481 e. The Morgan fingerprint density at radius 1 is 1.08 bits per heavy atom. The summed E-state index contributed by atoms with van der Waals surface area (Å²) < 4.78 is 10.7. The lowest BCUT2D eigenvalue weighted by Gasteiger charge is -2.17. The maximum absolute atomic E-state index is 12.2. The molecular weight excluding hydrogens is 332 g/mol. The van der Waals surface area contributed by atoms with Gasteiger partial charge in [-0.3, -0.25) is 20.4 Å². The van der Waals surface area contributed by atoms with Crippen LogP contribution in [0.25, 0.3) is 0 Å². The van der Waals surface area contributed by atoms with Crippen LogP contribution in [-0.2, 0) is 16.1 Å². The van der Waals surface area contributed by atoms with Crippen molar-refractivity contribution in [3.63, 3.8) is 0 Å². The second kappa shape index (κ2) is 9.01. The minimum absolute atomic E-state index is 0.407. The first-order chi connectivity index (χ1) is 12.4. The molecule has 0 bridgehead atoms. The number of carbonyl (C=O) groups is 2. The third-order valence-corrected chi connectivity index (χ3v) is 4.03. The fraction of sp³-hybridized carbons (Fsp3) is 0.300. The van der Waals surface area contributed by atoms with Gasteiger partial charge < -0.3 is 9.47 Å². The van der Waals surface area contributed by atoms with Crippen molar-refractivity contribution in [2.75, 3.05) is 7.11 Å². The molecule has 0 spiro atoms. The molecule has 2 N–H and O–H groups in total. The van der Waals surface area contributed by atoms with E-state index >= 15 is 0 Å². The summed E-state index contributed by atoms with van der Waals surface area (Å²) in [6, 6.07) is 12.7. The molecule has 1 unspecified atom stereocenters. The lowest BCUT2D eigenvalue weighted by molar-refractivity contribution is -0.128. The van der Waals surface area contributed by atoms with E-state index in [1.807, 2.05) is 38.1 Å². The summed E-state index contributed by atoms with van der Waals surface area (Å²) >= 11 is 0. The zero-order valence-electron chi connectivity index (χ0n) is 15.5. The molecule has 6 heteroatoms. The topological polar surface area (TPSA) is 76.7 Å². The highest BCUT2D eigenvalue weighted by Crippen LogP contribution is 2.21. The molecule has 138 valence electrons. The van der Waals surface area contributed by atoms with Crippen molar-refractivity contribution in [3.8, 4) is 5.75 Å². The summed E-state index contributed by atoms with van der Waals surface area (Å²) in [6.45, 7) is 5.95. The highest BCUT2D eigenvalue weighted by atomic mass is 16.5. The van der Waals surface area contributed by atoms with Gasteiger partial charge in [-0.1, -0.05) is 24.3 Å². The highest BCUT2D eigenvalue weighted by Gasteiger charge is 2.17. The first-order valence-electron chi connectivity index (χ1n) is 8.33. The molecule has 0 aliphatic heterocycles. The molecule has 1 atom stereocenters. The van der Waals surface area contributed by atoms with Gasteiger partial charge in [0.1, 0.15) is 5.75 Å². The molecule has 0 aliphatic rings. The highest BCUT2D eigenvalue weighted by molar-refractivity contribution is 5.95. The van der Waals surface area contributed by atoms with Gasteiger partial charge in [0, 0.05) is 12.7 Å². The van der Waals surface area contributed by atoms with Crippen LogP contribution in [0.3, 0.4) is 0 Å². The summed E-state index contributed by atoms with van der Waals surface area (Å²) in [4.78, 5) is 24.4. The van der Waals surface area contributed by atoms with Gasteiger partial charge in [-0.15, -0.1) is 0 Å². The molecular formula is C20H24N2O4. The zero-order valence-corrected chi connectivity index (χ0v) is 15.5. The Kier molecular flexibility index (Phi) is 6.74. The molecule has 0 radical (unpaired) electrons. The molecule has 2 amide bonds. The van der Waals surface area contributed by atoms with Crippen molar-refractivity contribution in [2.24, 2.45) is 0 Å². The number of aryl methyl sites for hydroxylation is 1. The second-order valence-corrected chi connectivity index (χ2v) is 6.03. The minimum atomic E-state index is -0.754. The Balaban J connectivity index is 1.92. The van der Waals surface area contributed by atoms with Crippen molar-refractivity contribution in [3.05, 3.63) is 64.7 Å². The van der Waals surface area contributed by atoms with E-state index in [9.17, 15) is 9.59 Å². The summed E-state index contributed by atoms with van der Waals surface area (Å²) in [5.74, 6) is -0.200. The van der Waals surface area contributed by atoms with E-state index in [1.165, 1.54) is 0 Å². The predicted octanol–water partition coefficient (Wildman–Crippen LogP) is 2.68. The largest absolute Gasteiger partial charge is 0.481 e. The molecule has 0 heterocycles. The lowest BCUT2D eigenvalue weighted by Crippen LogP contribution is -2.47. The zero-order chi connectivity index (χ0) is 19.1. The average molecular weight is 356 g/mol. The Morgan fingerprint density at radius 2 is 1.81 bits per heavy atom. The number of methoxy groups -OCH3 is 1. The van der Waals surface area contributed by atoms with Crippen LogP contribution < -0.4 is 15.6 Å². The number of hydrogen-bond donors (Lipinski definition) is 2. The van der Waals surface area contributed by atoms with E-state index in [4.69, 9.17) is 9.47 Å². The number of hydrazine groups is 1. The molecule has 6 nitrogen and oxygen atoms in total. The Labute approximate surface area is 153 Å². The van der Waals surface area contributed by atoms with Crippen LogP contribution >= 0.6 is 0 Å². The third kappa shape index (κ3) is 5.07. The molecule has 0 saturated heterocycles. The van der Waals surface area contributed by atoms with Crippen LogP contribution in [0.4, 0.5) is 0 Å². The fourth-order valence-corrected chi connectivity index (χ4v) is 2.36. The van der Waals surface area contributed by atoms with E-state index in [-0.39, 0.29) is 0 Å². The SMILES string of the molecule is COCc1cccc(C(=O)NNC(=O)C(C)Oc2cccc(C)c2C)c1. The van der Waals surface area contributed by atoms with Gasteiger partial charge in [0.05, 0.1) is 6.61 Å². The summed E-state index contributed by atoms with van der Waals surface area (Å²) in [5.41, 5.74) is 8.16. The standard InChI is InChI=1S/C20H24N2O4/c1-13-7-5-10-18(14(13)2)26-15(3)19(23)21-22-20(24)17-9-6-8-16(11-17)12-25-4/h5-11,15H,12H2,1-4H3,(H,21,23)(H,22,24). The van der Waals surface area contributed by atoms with E-state index < -0.39 is 17.9 Å². The van der Waals surface area contributed by atoms with Crippen molar-refractivity contribution in [2.45, 2.75) is 33.5 Å². The quantitative estimate of drug-likeness (QED) is 0.780. The molecule has 0 saturated carbocycles. The maximum atomic E-state index is 12.2. The first-order valence-corrected chi connectivity index (χ1v) is 8.33. The molecule has 2 aromatic rings. The molecule has 0 aromatic heterocycles. The van der Waals surface area contributed by atoms with Crippen LogP contribution in [-0.4, -0.2) is 25.0 Å². The number of nitrogens with one attached hydrogen (secondary N) is 2. The van der Waals surface area contributed by atoms with E-state index in [2.05, 4.69) is 10.9 Å². The van der Waals surface area contributed by atoms with Crippen LogP contribution in [0.5, 0.6) is 5.75 Å². The number of amides is 2. The summed E-state index contributed by atoms with van der Waals surface area (Å²) in [5, 5.41) is 0. The summed E-state index contributed by atoms with van der Waals surface area (Å²) in [6.07, 6.45) is -0.754. The lowest BCUT2D eigenvalue weighted by atomic mass is 10.1. The average Bonchev–Trinajstić information content (AvgIpc) is 2.63. The van der Waals surface area contributed by atoms with Crippen LogP contribution in [0.2, 0.25) is 0 Å². The van der Waals surface area contributed by atoms with Crippen molar-refractivity contribution >= 4 is 11.8 Å². The predicted molar refractivity (Wildman–Crippen MR) is 98.8 cm³/mol. The van der Waals surface area contributed by atoms with Gasteiger partial charge in [-0.2, -0.15) is 0 Å². The van der Waals surface area contributed by atoms with Gasteiger partial charge >= 0.3 is 0 Å². The van der Waals surface area contributed by atoms with Crippen LogP contribution in [0, 0.1) is 13.8 Å². The van der Waals surface area contributed by atoms with Gasteiger partial charge in [-0.25, -0.2) is 0 Å². The van der Waals surface area contributed by atoms with Crippen molar-refractivity contribution in [1.82, 2.24) is 10.9 Å². The fourth-order valence-electron chi connectivity index (χ4n) is 2.36. The number of benzene rings is 2. The number of rotatable bonds is 6. The van der Waals surface area contributed by atoms with E-state index in [1.54, 1.807) is 32.2 Å². The first kappa shape index (κ1) is 19.5. The maximum Gasteiger partial charge on any atom is 0.279 e. The second-order valence-electron chi connectivity index (χ2n) is 6.03. The smallest absolute Gasteiger partial charge is 0.279 e. The number of ether oxygens (including phenoxy) is 2. The van der Waals surface area contributed by atoms with Gasteiger partial charge in [0.25, 0.3) is 11.8 Å². The normalized spacial score (nSPS) is 11.5. The third-order valence-electron chi connectivity index (χ3n) is 4.03. The van der Waals surface area contributed by atoms with E-state index in [0.717, 1.165) is 16.7 Å². The van der Waals surface area contributed by atoms with Crippen molar-refractivity contribution < 1.29 is 19.1 Å². The molecule has 2 rings (SSSR count). The van der Waals surface area contributed by atoms with Gasteiger partial charge in [-0.05, 0) is 55.7 Å². The Bertz CT molecular complexity index is 789. The van der Waals surface area contributed by atoms with Crippen molar-refractivity contribution in [1.29, 1.82) is 0 Å². The number of carbonyl (C=O) groups excluding carboxylic acids is 2. The van der Waals surface area contributed by atoms with Crippen LogP contribution in [0.1, 0.15) is 34.0 Å². The Hall–Kier alpha value is -2.86.